The molecule has 0 spiro atoms. The van der Waals surface area contributed by atoms with Gasteiger partial charge < -0.3 is 10.1 Å². The quantitative estimate of drug-likeness (QED) is 0.686. The zero-order valence-corrected chi connectivity index (χ0v) is 8.63. The number of rotatable bonds is 1. The maximum absolute atomic E-state index is 5.65. The van der Waals surface area contributed by atoms with E-state index in [0.29, 0.717) is 6.61 Å². The first-order valence-corrected chi connectivity index (χ1v) is 4.82. The van der Waals surface area contributed by atoms with Crippen LogP contribution in [-0.2, 0) is 0 Å². The molecule has 2 heteroatoms. The summed E-state index contributed by atoms with van der Waals surface area (Å²) < 4.78 is 5.65. The van der Waals surface area contributed by atoms with Gasteiger partial charge in [0, 0.05) is 0 Å². The first-order chi connectivity index (χ1) is 6.66. The summed E-state index contributed by atoms with van der Waals surface area (Å²) in [5.74, 6) is 0.947. The molecule has 2 rings (SSSR count). The number of aryl methyl sites for hydroxylation is 1. The van der Waals surface area contributed by atoms with Gasteiger partial charge in [-0.2, -0.15) is 0 Å². The zero-order chi connectivity index (χ0) is 10.1. The van der Waals surface area contributed by atoms with Gasteiger partial charge in [-0.05, 0) is 31.5 Å². The third-order valence-corrected chi connectivity index (χ3v) is 2.47. The Hall–Kier alpha value is -1.44. The van der Waals surface area contributed by atoms with Gasteiger partial charge in [-0.3, -0.25) is 0 Å². The van der Waals surface area contributed by atoms with Crippen molar-refractivity contribution in [1.82, 2.24) is 0 Å². The summed E-state index contributed by atoms with van der Waals surface area (Å²) in [4.78, 5) is 0. The van der Waals surface area contributed by atoms with Crippen LogP contribution < -0.4 is 10.1 Å². The number of benzene rings is 1. The van der Waals surface area contributed by atoms with Crippen molar-refractivity contribution in [2.75, 3.05) is 11.9 Å². The molecule has 0 amide bonds. The summed E-state index contributed by atoms with van der Waals surface area (Å²) in [6.45, 7) is 8.68. The van der Waals surface area contributed by atoms with E-state index in [4.69, 9.17) is 4.74 Å². The number of ether oxygens (including phenoxy) is 1. The van der Waals surface area contributed by atoms with Crippen molar-refractivity contribution in [2.45, 2.75) is 19.9 Å². The van der Waals surface area contributed by atoms with Crippen LogP contribution in [0.15, 0.2) is 30.4 Å². The van der Waals surface area contributed by atoms with Crippen LogP contribution in [0.1, 0.15) is 12.5 Å². The molecular weight excluding hydrogens is 174 g/mol. The molecule has 74 valence electrons. The van der Waals surface area contributed by atoms with E-state index in [1.807, 2.05) is 6.92 Å². The Bertz CT molecular complexity index is 371. The van der Waals surface area contributed by atoms with Crippen LogP contribution in [0.4, 0.5) is 5.69 Å². The number of hydrogen-bond donors (Lipinski definition) is 1. The lowest BCUT2D eigenvalue weighted by molar-refractivity contribution is 0.297. The summed E-state index contributed by atoms with van der Waals surface area (Å²) >= 11 is 0. The maximum atomic E-state index is 5.65. The maximum Gasteiger partial charge on any atom is 0.142 e. The van der Waals surface area contributed by atoms with E-state index in [2.05, 4.69) is 37.0 Å². The van der Waals surface area contributed by atoms with Crippen molar-refractivity contribution in [2.24, 2.45) is 0 Å². The highest BCUT2D eigenvalue weighted by atomic mass is 16.5. The summed E-state index contributed by atoms with van der Waals surface area (Å²) in [6, 6.07) is 6.43. The highest BCUT2D eigenvalue weighted by Crippen LogP contribution is 2.30. The Kier molecular flexibility index (Phi) is 2.20. The highest BCUT2D eigenvalue weighted by molar-refractivity contribution is 5.60. The van der Waals surface area contributed by atoms with Crippen molar-refractivity contribution in [3.05, 3.63) is 35.9 Å². The Morgan fingerprint density at radius 1 is 1.57 bits per heavy atom. The van der Waals surface area contributed by atoms with Crippen LogP contribution in [0.2, 0.25) is 0 Å². The van der Waals surface area contributed by atoms with Gasteiger partial charge in [-0.25, -0.2) is 0 Å². The second-order valence-electron chi connectivity index (χ2n) is 3.85. The lowest BCUT2D eigenvalue weighted by Crippen LogP contribution is -2.31. The number of nitrogens with one attached hydrogen (secondary N) is 1. The summed E-state index contributed by atoms with van der Waals surface area (Å²) in [5, 5.41) is 3.40. The second-order valence-corrected chi connectivity index (χ2v) is 3.85. The average Bonchev–Trinajstić information content (AvgIpc) is 2.16. The van der Waals surface area contributed by atoms with Crippen molar-refractivity contribution >= 4 is 5.69 Å². The molecule has 0 aromatic heterocycles. The van der Waals surface area contributed by atoms with Gasteiger partial charge in [0.05, 0.1) is 11.7 Å². The molecule has 1 aliphatic heterocycles. The topological polar surface area (TPSA) is 21.3 Å². The van der Waals surface area contributed by atoms with Crippen LogP contribution in [0.5, 0.6) is 5.75 Å². The van der Waals surface area contributed by atoms with E-state index in [1.165, 1.54) is 5.56 Å². The monoisotopic (exact) mass is 189 g/mol. The molecule has 2 nitrogen and oxygen atoms in total. The van der Waals surface area contributed by atoms with Gasteiger partial charge in [-0.1, -0.05) is 18.2 Å². The SMILES string of the molecule is C=C(C)C1COc2cc(C)ccc2N1. The Morgan fingerprint density at radius 2 is 2.36 bits per heavy atom. The molecule has 1 unspecified atom stereocenters. The molecular formula is C12H15NO. The predicted octanol–water partition coefficient (Wildman–Crippen LogP) is 2.74. The molecule has 1 heterocycles. The van der Waals surface area contributed by atoms with E-state index < -0.39 is 0 Å². The molecule has 1 aromatic rings. The Balaban J connectivity index is 2.27. The van der Waals surface area contributed by atoms with E-state index in [-0.39, 0.29) is 6.04 Å². The molecule has 1 atom stereocenters. The summed E-state index contributed by atoms with van der Waals surface area (Å²) in [7, 11) is 0. The first kappa shape index (κ1) is 9.13. The summed E-state index contributed by atoms with van der Waals surface area (Å²) in [6.07, 6.45) is 0. The van der Waals surface area contributed by atoms with Crippen LogP contribution in [0, 0.1) is 6.92 Å². The average molecular weight is 189 g/mol. The van der Waals surface area contributed by atoms with Gasteiger partial charge in [0.25, 0.3) is 0 Å². The first-order valence-electron chi connectivity index (χ1n) is 4.82. The smallest absolute Gasteiger partial charge is 0.142 e. The fourth-order valence-corrected chi connectivity index (χ4v) is 1.54. The molecule has 0 saturated heterocycles. The molecule has 14 heavy (non-hydrogen) atoms. The molecule has 0 bridgehead atoms. The van der Waals surface area contributed by atoms with Crippen LogP contribution in [-0.4, -0.2) is 12.6 Å². The predicted molar refractivity (Wildman–Crippen MR) is 58.9 cm³/mol. The summed E-state index contributed by atoms with van der Waals surface area (Å²) in [5.41, 5.74) is 3.39. The van der Waals surface area contributed by atoms with E-state index in [0.717, 1.165) is 17.0 Å². The largest absolute Gasteiger partial charge is 0.489 e. The van der Waals surface area contributed by atoms with E-state index in [9.17, 15) is 0 Å². The molecule has 1 aliphatic rings. The van der Waals surface area contributed by atoms with Gasteiger partial charge in [-0.15, -0.1) is 0 Å². The number of anilines is 1. The van der Waals surface area contributed by atoms with Crippen LogP contribution >= 0.6 is 0 Å². The third kappa shape index (κ3) is 1.60. The zero-order valence-electron chi connectivity index (χ0n) is 8.63. The molecule has 0 saturated carbocycles. The molecule has 1 N–H and O–H groups in total. The highest BCUT2D eigenvalue weighted by Gasteiger charge is 2.18. The minimum absolute atomic E-state index is 0.241. The molecule has 0 aliphatic carbocycles. The number of hydrogen-bond acceptors (Lipinski definition) is 2. The van der Waals surface area contributed by atoms with Gasteiger partial charge >= 0.3 is 0 Å². The lowest BCUT2D eigenvalue weighted by atomic mass is 10.1. The standard InChI is InChI=1S/C12H15NO/c1-8(2)11-7-14-12-6-9(3)4-5-10(12)13-11/h4-6,11,13H,1,7H2,2-3H3. The molecule has 1 aromatic carbocycles. The van der Waals surface area contributed by atoms with E-state index >= 15 is 0 Å². The van der Waals surface area contributed by atoms with E-state index in [1.54, 1.807) is 0 Å². The van der Waals surface area contributed by atoms with Crippen LogP contribution in [0.25, 0.3) is 0 Å². The lowest BCUT2D eigenvalue weighted by Gasteiger charge is -2.27. The third-order valence-electron chi connectivity index (χ3n) is 2.47. The molecule has 0 radical (unpaired) electrons. The minimum atomic E-state index is 0.241. The van der Waals surface area contributed by atoms with Gasteiger partial charge in [0.2, 0.25) is 0 Å². The van der Waals surface area contributed by atoms with Crippen molar-refractivity contribution < 1.29 is 4.74 Å². The van der Waals surface area contributed by atoms with Crippen molar-refractivity contribution in [3.8, 4) is 5.75 Å². The Labute approximate surface area is 84.6 Å². The minimum Gasteiger partial charge on any atom is -0.489 e. The van der Waals surface area contributed by atoms with Gasteiger partial charge in [0.1, 0.15) is 12.4 Å². The fourth-order valence-electron chi connectivity index (χ4n) is 1.54. The molecule has 0 fully saturated rings. The van der Waals surface area contributed by atoms with Crippen LogP contribution in [0.3, 0.4) is 0 Å². The normalized spacial score (nSPS) is 19.1. The number of fused-ring (bicyclic) bond motifs is 1. The van der Waals surface area contributed by atoms with Gasteiger partial charge in [0.15, 0.2) is 0 Å². The second kappa shape index (κ2) is 3.37. The Morgan fingerprint density at radius 3 is 3.07 bits per heavy atom. The van der Waals surface area contributed by atoms with Crippen molar-refractivity contribution in [3.63, 3.8) is 0 Å². The fraction of sp³-hybridized carbons (Fsp3) is 0.333. The van der Waals surface area contributed by atoms with Crippen molar-refractivity contribution in [1.29, 1.82) is 0 Å².